The Balaban J connectivity index is 1.68. The standard InChI is InChI=1S/C20H20N2O3/c1-3-24-17-11-9-16(10-12-17)22-20(23)14(2)25-18-8-4-6-15-7-5-13-21-19(15)18/h4-14H,3H2,1-2H3,(H,22,23)/t14-/m1/s1. The number of fused-ring (bicyclic) bond motifs is 1. The maximum Gasteiger partial charge on any atom is 0.265 e. The van der Waals surface area contributed by atoms with Gasteiger partial charge in [-0.2, -0.15) is 0 Å². The summed E-state index contributed by atoms with van der Waals surface area (Å²) >= 11 is 0. The van der Waals surface area contributed by atoms with E-state index in [-0.39, 0.29) is 5.91 Å². The molecule has 2 aromatic carbocycles. The number of rotatable bonds is 6. The van der Waals surface area contributed by atoms with E-state index in [0.717, 1.165) is 16.7 Å². The number of carbonyl (C=O) groups excluding carboxylic acids is 1. The Kier molecular flexibility index (Phi) is 5.14. The van der Waals surface area contributed by atoms with Crippen molar-refractivity contribution in [2.45, 2.75) is 20.0 Å². The maximum atomic E-state index is 12.4. The van der Waals surface area contributed by atoms with E-state index in [4.69, 9.17) is 9.47 Å². The van der Waals surface area contributed by atoms with Crippen LogP contribution in [-0.2, 0) is 4.79 Å². The number of pyridine rings is 1. The predicted octanol–water partition coefficient (Wildman–Crippen LogP) is 4.04. The SMILES string of the molecule is CCOc1ccc(NC(=O)[C@@H](C)Oc2cccc3cccnc23)cc1. The fourth-order valence-corrected chi connectivity index (χ4v) is 2.46. The summed E-state index contributed by atoms with van der Waals surface area (Å²) in [5.74, 6) is 1.14. The number of nitrogens with zero attached hydrogens (tertiary/aromatic N) is 1. The first-order valence-electron chi connectivity index (χ1n) is 8.21. The molecule has 0 spiro atoms. The summed E-state index contributed by atoms with van der Waals surface area (Å²) < 4.78 is 11.2. The molecule has 1 atom stereocenters. The zero-order valence-corrected chi connectivity index (χ0v) is 14.2. The van der Waals surface area contributed by atoms with Crippen molar-refractivity contribution >= 4 is 22.5 Å². The molecule has 0 bridgehead atoms. The van der Waals surface area contributed by atoms with Crippen molar-refractivity contribution in [3.05, 3.63) is 60.8 Å². The second-order valence-electron chi connectivity index (χ2n) is 5.54. The second kappa shape index (κ2) is 7.66. The van der Waals surface area contributed by atoms with Gasteiger partial charge in [0.25, 0.3) is 5.91 Å². The van der Waals surface area contributed by atoms with Crippen molar-refractivity contribution in [1.29, 1.82) is 0 Å². The summed E-state index contributed by atoms with van der Waals surface area (Å²) in [5.41, 5.74) is 1.44. The number of carbonyl (C=O) groups is 1. The fraction of sp³-hybridized carbons (Fsp3) is 0.200. The molecular formula is C20H20N2O3. The number of hydrogen-bond acceptors (Lipinski definition) is 4. The van der Waals surface area contributed by atoms with E-state index in [2.05, 4.69) is 10.3 Å². The van der Waals surface area contributed by atoms with Crippen molar-refractivity contribution in [2.24, 2.45) is 0 Å². The van der Waals surface area contributed by atoms with E-state index >= 15 is 0 Å². The molecule has 5 heteroatoms. The molecule has 128 valence electrons. The lowest BCUT2D eigenvalue weighted by Crippen LogP contribution is -2.30. The van der Waals surface area contributed by atoms with E-state index in [0.29, 0.717) is 18.0 Å². The molecule has 0 aliphatic rings. The Labute approximate surface area is 146 Å². The van der Waals surface area contributed by atoms with Crippen molar-refractivity contribution in [1.82, 2.24) is 4.98 Å². The van der Waals surface area contributed by atoms with Gasteiger partial charge in [0, 0.05) is 17.3 Å². The van der Waals surface area contributed by atoms with E-state index in [1.54, 1.807) is 25.3 Å². The van der Waals surface area contributed by atoms with Crippen molar-refractivity contribution < 1.29 is 14.3 Å². The van der Waals surface area contributed by atoms with E-state index in [1.807, 2.05) is 49.4 Å². The van der Waals surface area contributed by atoms with Gasteiger partial charge in [0.15, 0.2) is 6.10 Å². The Morgan fingerprint density at radius 3 is 2.64 bits per heavy atom. The summed E-state index contributed by atoms with van der Waals surface area (Å²) in [6.45, 7) is 4.25. The van der Waals surface area contributed by atoms with Crippen LogP contribution in [0.2, 0.25) is 0 Å². The molecular weight excluding hydrogens is 316 g/mol. The molecule has 1 heterocycles. The highest BCUT2D eigenvalue weighted by atomic mass is 16.5. The minimum atomic E-state index is -0.654. The van der Waals surface area contributed by atoms with Gasteiger partial charge >= 0.3 is 0 Å². The summed E-state index contributed by atoms with van der Waals surface area (Å²) in [7, 11) is 0. The molecule has 0 saturated heterocycles. The molecule has 25 heavy (non-hydrogen) atoms. The van der Waals surface area contributed by atoms with Crippen LogP contribution in [0.4, 0.5) is 5.69 Å². The van der Waals surface area contributed by atoms with Crippen LogP contribution in [0.5, 0.6) is 11.5 Å². The third-order valence-electron chi connectivity index (χ3n) is 3.70. The zero-order chi connectivity index (χ0) is 17.6. The van der Waals surface area contributed by atoms with Crippen molar-refractivity contribution in [3.63, 3.8) is 0 Å². The number of benzene rings is 2. The van der Waals surface area contributed by atoms with Gasteiger partial charge in [0.2, 0.25) is 0 Å². The zero-order valence-electron chi connectivity index (χ0n) is 14.2. The van der Waals surface area contributed by atoms with Crippen LogP contribution in [0.3, 0.4) is 0 Å². The topological polar surface area (TPSA) is 60.5 Å². The number of para-hydroxylation sites is 1. The molecule has 1 N–H and O–H groups in total. The first-order valence-corrected chi connectivity index (χ1v) is 8.21. The molecule has 1 aromatic heterocycles. The summed E-state index contributed by atoms with van der Waals surface area (Å²) in [6, 6.07) is 16.7. The van der Waals surface area contributed by atoms with Crippen molar-refractivity contribution in [3.8, 4) is 11.5 Å². The number of aromatic nitrogens is 1. The van der Waals surface area contributed by atoms with Crippen LogP contribution in [-0.4, -0.2) is 23.6 Å². The molecule has 0 unspecified atom stereocenters. The van der Waals surface area contributed by atoms with E-state index < -0.39 is 6.10 Å². The second-order valence-corrected chi connectivity index (χ2v) is 5.54. The van der Waals surface area contributed by atoms with Gasteiger partial charge in [-0.15, -0.1) is 0 Å². The third kappa shape index (κ3) is 4.07. The van der Waals surface area contributed by atoms with Crippen LogP contribution in [0.15, 0.2) is 60.8 Å². The first-order chi connectivity index (χ1) is 12.2. The maximum absolute atomic E-state index is 12.4. The van der Waals surface area contributed by atoms with Gasteiger partial charge in [-0.05, 0) is 50.2 Å². The molecule has 1 amide bonds. The molecule has 0 aliphatic heterocycles. The highest BCUT2D eigenvalue weighted by molar-refractivity contribution is 5.94. The average Bonchev–Trinajstić information content (AvgIpc) is 2.64. The fourth-order valence-electron chi connectivity index (χ4n) is 2.46. The number of ether oxygens (including phenoxy) is 2. The predicted molar refractivity (Wildman–Crippen MR) is 98.1 cm³/mol. The Morgan fingerprint density at radius 1 is 1.12 bits per heavy atom. The Bertz CT molecular complexity index is 857. The van der Waals surface area contributed by atoms with Gasteiger partial charge in [-0.3, -0.25) is 9.78 Å². The van der Waals surface area contributed by atoms with Crippen LogP contribution in [0.1, 0.15) is 13.8 Å². The quantitative estimate of drug-likeness (QED) is 0.738. The van der Waals surface area contributed by atoms with Gasteiger partial charge in [0.05, 0.1) is 6.61 Å². The van der Waals surface area contributed by atoms with Crippen LogP contribution >= 0.6 is 0 Å². The summed E-state index contributed by atoms with van der Waals surface area (Å²) in [5, 5.41) is 3.81. The van der Waals surface area contributed by atoms with Gasteiger partial charge in [-0.1, -0.05) is 18.2 Å². The third-order valence-corrected chi connectivity index (χ3v) is 3.70. The van der Waals surface area contributed by atoms with Gasteiger partial charge in [-0.25, -0.2) is 0 Å². The van der Waals surface area contributed by atoms with E-state index in [1.165, 1.54) is 0 Å². The monoisotopic (exact) mass is 336 g/mol. The molecule has 0 fully saturated rings. The number of nitrogens with one attached hydrogen (secondary N) is 1. The van der Waals surface area contributed by atoms with Crippen molar-refractivity contribution in [2.75, 3.05) is 11.9 Å². The van der Waals surface area contributed by atoms with Gasteiger partial charge in [0.1, 0.15) is 17.0 Å². The number of amides is 1. The summed E-state index contributed by atoms with van der Waals surface area (Å²) in [4.78, 5) is 16.7. The summed E-state index contributed by atoms with van der Waals surface area (Å²) in [6.07, 6.45) is 1.05. The number of anilines is 1. The highest BCUT2D eigenvalue weighted by Crippen LogP contribution is 2.24. The molecule has 5 nitrogen and oxygen atoms in total. The number of hydrogen-bond donors (Lipinski definition) is 1. The Morgan fingerprint density at radius 2 is 1.88 bits per heavy atom. The molecule has 0 radical (unpaired) electrons. The van der Waals surface area contributed by atoms with Crippen LogP contribution in [0, 0.1) is 0 Å². The minimum absolute atomic E-state index is 0.225. The van der Waals surface area contributed by atoms with Crippen LogP contribution in [0.25, 0.3) is 10.9 Å². The minimum Gasteiger partial charge on any atom is -0.494 e. The van der Waals surface area contributed by atoms with Gasteiger partial charge < -0.3 is 14.8 Å². The lowest BCUT2D eigenvalue weighted by Gasteiger charge is -2.16. The van der Waals surface area contributed by atoms with E-state index in [9.17, 15) is 4.79 Å². The van der Waals surface area contributed by atoms with Crippen LogP contribution < -0.4 is 14.8 Å². The first kappa shape index (κ1) is 16.8. The molecule has 0 aliphatic carbocycles. The molecule has 3 aromatic rings. The Hall–Kier alpha value is -3.08. The normalized spacial score (nSPS) is 11.8. The highest BCUT2D eigenvalue weighted by Gasteiger charge is 2.16. The smallest absolute Gasteiger partial charge is 0.265 e. The molecule has 0 saturated carbocycles. The largest absolute Gasteiger partial charge is 0.494 e. The lowest BCUT2D eigenvalue weighted by molar-refractivity contribution is -0.122. The lowest BCUT2D eigenvalue weighted by atomic mass is 10.2. The molecule has 3 rings (SSSR count). The average molecular weight is 336 g/mol.